The maximum absolute atomic E-state index is 10.6. The topological polar surface area (TPSA) is 60.7 Å². The Balaban J connectivity index is 1.77. The van der Waals surface area contributed by atoms with E-state index < -0.39 is 11.2 Å². The van der Waals surface area contributed by atoms with Crippen LogP contribution in [-0.2, 0) is 0 Å². The van der Waals surface area contributed by atoms with E-state index in [4.69, 9.17) is 0 Å². The molecule has 174 valence electrons. The lowest BCUT2D eigenvalue weighted by Crippen LogP contribution is -2.46. The average Bonchev–Trinajstić information content (AvgIpc) is 3.03. The van der Waals surface area contributed by atoms with E-state index in [2.05, 4.69) is 38.7 Å². The fourth-order valence-electron chi connectivity index (χ4n) is 6.22. The molecule has 0 bridgehead atoms. The molecule has 0 aliphatic heterocycles. The number of rotatable bonds is 5. The molecule has 3 N–H and O–H groups in total. The van der Waals surface area contributed by atoms with Crippen LogP contribution in [0.25, 0.3) is 0 Å². The van der Waals surface area contributed by atoms with Crippen LogP contribution in [0, 0.1) is 23.2 Å². The van der Waals surface area contributed by atoms with Gasteiger partial charge in [0.25, 0.3) is 0 Å². The molecule has 0 spiro atoms. The molecule has 3 nitrogen and oxygen atoms in total. The van der Waals surface area contributed by atoms with Gasteiger partial charge in [0, 0.05) is 0 Å². The molecule has 6 atom stereocenters. The van der Waals surface area contributed by atoms with Crippen molar-refractivity contribution in [2.75, 3.05) is 0 Å². The van der Waals surface area contributed by atoms with E-state index in [0.717, 1.165) is 19.3 Å². The number of hydrogen-bond donors (Lipinski definition) is 3. The zero-order chi connectivity index (χ0) is 23.0. The maximum atomic E-state index is 10.6. The zero-order valence-corrected chi connectivity index (χ0v) is 20.3. The predicted molar refractivity (Wildman–Crippen MR) is 129 cm³/mol. The third kappa shape index (κ3) is 5.10. The molecule has 3 fully saturated rings. The van der Waals surface area contributed by atoms with Crippen molar-refractivity contribution in [3.05, 3.63) is 47.6 Å². The maximum Gasteiger partial charge on any atom is 0.108 e. The zero-order valence-electron chi connectivity index (χ0n) is 20.3. The van der Waals surface area contributed by atoms with Gasteiger partial charge in [0.15, 0.2) is 0 Å². The van der Waals surface area contributed by atoms with Crippen molar-refractivity contribution >= 4 is 0 Å². The summed E-state index contributed by atoms with van der Waals surface area (Å²) >= 11 is 0. The number of hydrogen-bond acceptors (Lipinski definition) is 3. The first-order valence-electron chi connectivity index (χ1n) is 12.2. The first kappa shape index (κ1) is 24.5. The van der Waals surface area contributed by atoms with Crippen LogP contribution in [-0.4, -0.2) is 32.6 Å². The highest BCUT2D eigenvalue weighted by atomic mass is 16.3. The Morgan fingerprint density at radius 3 is 2.48 bits per heavy atom. The Morgan fingerprint density at radius 2 is 1.81 bits per heavy atom. The molecule has 0 saturated heterocycles. The quantitative estimate of drug-likeness (QED) is 0.480. The summed E-state index contributed by atoms with van der Waals surface area (Å²) in [5.74, 6) is 1.54. The predicted octanol–water partition coefficient (Wildman–Crippen LogP) is 5.87. The standard InChI is InChI=1S/C28H44O3/c1-19-9-12-23(29)18-22(19)11-10-21-8-7-16-27(5)24(13-14-25(21)27)20(2)15-17-28(6,31)26(3,4)30/h10-11,15,17,20,23-25,29-31H,1,7-9,12-14,16,18H2,2-6H3/b17-15?,21-10-,22-11+/t20-,23+,24-,25+,27-,28-/m1/s1. The van der Waals surface area contributed by atoms with Gasteiger partial charge in [-0.1, -0.05) is 55.9 Å². The molecule has 0 heterocycles. The minimum absolute atomic E-state index is 0.226. The molecule has 3 rings (SSSR count). The summed E-state index contributed by atoms with van der Waals surface area (Å²) in [6, 6.07) is 0. The summed E-state index contributed by atoms with van der Waals surface area (Å²) in [6.07, 6.45) is 16.8. The summed E-state index contributed by atoms with van der Waals surface area (Å²) in [4.78, 5) is 0. The summed E-state index contributed by atoms with van der Waals surface area (Å²) in [6.45, 7) is 13.9. The molecule has 3 heteroatoms. The third-order valence-electron chi connectivity index (χ3n) is 8.82. The fourth-order valence-corrected chi connectivity index (χ4v) is 6.22. The van der Waals surface area contributed by atoms with Crippen molar-refractivity contribution in [3.63, 3.8) is 0 Å². The Hall–Kier alpha value is -1.16. The second-order valence-corrected chi connectivity index (χ2v) is 11.5. The van der Waals surface area contributed by atoms with E-state index in [1.54, 1.807) is 32.4 Å². The molecule has 31 heavy (non-hydrogen) atoms. The molecule has 0 unspecified atom stereocenters. The van der Waals surface area contributed by atoms with Crippen LogP contribution in [0.5, 0.6) is 0 Å². The molecule has 0 aromatic carbocycles. The van der Waals surface area contributed by atoms with Gasteiger partial charge in [0.1, 0.15) is 5.60 Å². The Labute approximate surface area is 189 Å². The van der Waals surface area contributed by atoms with Gasteiger partial charge in [-0.05, 0) is 101 Å². The van der Waals surface area contributed by atoms with Crippen LogP contribution in [0.1, 0.15) is 86.0 Å². The van der Waals surface area contributed by atoms with Gasteiger partial charge < -0.3 is 15.3 Å². The lowest BCUT2D eigenvalue weighted by Gasteiger charge is -2.44. The molecule has 0 radical (unpaired) electrons. The van der Waals surface area contributed by atoms with E-state index in [-0.39, 0.29) is 11.5 Å². The fraction of sp³-hybridized carbons (Fsp3) is 0.714. The van der Waals surface area contributed by atoms with Crippen LogP contribution >= 0.6 is 0 Å². The highest BCUT2D eigenvalue weighted by Crippen LogP contribution is 2.59. The van der Waals surface area contributed by atoms with Gasteiger partial charge in [-0.3, -0.25) is 0 Å². The monoisotopic (exact) mass is 428 g/mol. The normalized spacial score (nSPS) is 37.9. The van der Waals surface area contributed by atoms with Crippen molar-refractivity contribution < 1.29 is 15.3 Å². The SMILES string of the molecule is C=C1CC[C@H](O)C/C1=C\C=C1\CCC[C@]2(C)[C@@H]([C@H](C)C=C[C@@](C)(O)C(C)(C)O)CC[C@@H]12. The molecule has 0 amide bonds. The molecular weight excluding hydrogens is 384 g/mol. The molecule has 3 aliphatic rings. The Bertz CT molecular complexity index is 764. The highest BCUT2D eigenvalue weighted by Gasteiger charge is 2.50. The molecule has 3 saturated carbocycles. The largest absolute Gasteiger partial charge is 0.393 e. The van der Waals surface area contributed by atoms with Crippen molar-refractivity contribution in [2.45, 2.75) is 103 Å². The van der Waals surface area contributed by atoms with Crippen molar-refractivity contribution in [1.29, 1.82) is 0 Å². The summed E-state index contributed by atoms with van der Waals surface area (Å²) in [5, 5.41) is 30.9. The Kier molecular flexibility index (Phi) is 7.11. The van der Waals surface area contributed by atoms with Gasteiger partial charge in [-0.15, -0.1) is 0 Å². The second kappa shape index (κ2) is 9.00. The lowest BCUT2D eigenvalue weighted by atomic mass is 9.61. The van der Waals surface area contributed by atoms with Gasteiger partial charge in [-0.25, -0.2) is 0 Å². The summed E-state index contributed by atoms with van der Waals surface area (Å²) < 4.78 is 0. The highest BCUT2D eigenvalue weighted by molar-refractivity contribution is 5.36. The number of allylic oxidation sites excluding steroid dienone is 5. The molecule has 0 aromatic rings. The van der Waals surface area contributed by atoms with E-state index in [0.29, 0.717) is 17.8 Å². The average molecular weight is 429 g/mol. The van der Waals surface area contributed by atoms with Crippen LogP contribution in [0.4, 0.5) is 0 Å². The first-order chi connectivity index (χ1) is 14.3. The molecule has 0 aromatic heterocycles. The number of fused-ring (bicyclic) bond motifs is 1. The first-order valence-corrected chi connectivity index (χ1v) is 12.2. The van der Waals surface area contributed by atoms with Crippen LogP contribution in [0.3, 0.4) is 0 Å². The Morgan fingerprint density at radius 1 is 1.10 bits per heavy atom. The van der Waals surface area contributed by atoms with E-state index in [1.807, 2.05) is 0 Å². The smallest absolute Gasteiger partial charge is 0.108 e. The summed E-state index contributed by atoms with van der Waals surface area (Å²) in [7, 11) is 0. The van der Waals surface area contributed by atoms with Crippen LogP contribution in [0.15, 0.2) is 47.6 Å². The van der Waals surface area contributed by atoms with E-state index in [9.17, 15) is 15.3 Å². The minimum atomic E-state index is -1.24. The molecular formula is C28H44O3. The van der Waals surface area contributed by atoms with Crippen molar-refractivity contribution in [2.24, 2.45) is 23.2 Å². The second-order valence-electron chi connectivity index (χ2n) is 11.5. The van der Waals surface area contributed by atoms with Gasteiger partial charge in [0.2, 0.25) is 0 Å². The van der Waals surface area contributed by atoms with Crippen molar-refractivity contribution in [1.82, 2.24) is 0 Å². The molecule has 3 aliphatic carbocycles. The van der Waals surface area contributed by atoms with Gasteiger partial charge in [0.05, 0.1) is 11.7 Å². The van der Waals surface area contributed by atoms with E-state index in [1.165, 1.54) is 43.3 Å². The van der Waals surface area contributed by atoms with Gasteiger partial charge in [-0.2, -0.15) is 0 Å². The van der Waals surface area contributed by atoms with E-state index >= 15 is 0 Å². The lowest BCUT2D eigenvalue weighted by molar-refractivity contribution is -0.0886. The summed E-state index contributed by atoms with van der Waals surface area (Å²) in [5.41, 5.74) is 1.83. The van der Waals surface area contributed by atoms with Gasteiger partial charge >= 0.3 is 0 Å². The number of aliphatic hydroxyl groups is 3. The third-order valence-corrected chi connectivity index (χ3v) is 8.82. The number of aliphatic hydroxyl groups excluding tert-OH is 1. The minimum Gasteiger partial charge on any atom is -0.393 e. The van der Waals surface area contributed by atoms with Crippen LogP contribution < -0.4 is 0 Å². The van der Waals surface area contributed by atoms with Crippen molar-refractivity contribution in [3.8, 4) is 0 Å². The van der Waals surface area contributed by atoms with Crippen LogP contribution in [0.2, 0.25) is 0 Å².